The number of alkyl halides is 3. The van der Waals surface area contributed by atoms with Gasteiger partial charge < -0.3 is 10.5 Å². The van der Waals surface area contributed by atoms with Gasteiger partial charge in [0, 0.05) is 11.3 Å². The highest BCUT2D eigenvalue weighted by Crippen LogP contribution is 2.47. The van der Waals surface area contributed by atoms with Crippen molar-refractivity contribution in [3.8, 4) is 16.5 Å². The molecule has 1 aromatic heterocycles. The molecule has 1 aliphatic rings. The number of aliphatic imine (C=N–C) groups is 1. The second-order valence-electron chi connectivity index (χ2n) is 6.06. The lowest BCUT2D eigenvalue weighted by atomic mass is 9.92. The molecule has 4 nitrogen and oxygen atoms in total. The standard InChI is InChI=1S/C17H13ClF3N3OS/c1-16(7-13(17(19,20)21)25-15(23)24-16)14-11(18)6-12(26-14)10-4-2-3-9(5-10)8-22/h2-6,13H,7H2,1H3,(H2,23,24). The number of nitrogens with zero attached hydrogens (tertiary/aromatic N) is 2. The highest BCUT2D eigenvalue weighted by Gasteiger charge is 2.50. The summed E-state index contributed by atoms with van der Waals surface area (Å²) in [6.07, 6.45) is -7.03. The van der Waals surface area contributed by atoms with Crippen LogP contribution in [0.5, 0.6) is 0 Å². The normalized spacial score (nSPS) is 23.1. The summed E-state index contributed by atoms with van der Waals surface area (Å²) in [7, 11) is 0. The van der Waals surface area contributed by atoms with Gasteiger partial charge in [0.1, 0.15) is 5.54 Å². The van der Waals surface area contributed by atoms with E-state index >= 15 is 0 Å². The Hall–Kier alpha value is -2.24. The van der Waals surface area contributed by atoms with Gasteiger partial charge in [-0.05, 0) is 30.7 Å². The average Bonchev–Trinajstić information content (AvgIpc) is 2.96. The predicted octanol–water partition coefficient (Wildman–Crippen LogP) is 4.82. The minimum Gasteiger partial charge on any atom is -0.452 e. The lowest BCUT2D eigenvalue weighted by Gasteiger charge is -2.35. The SMILES string of the molecule is CC1(c2sc(-c3cccc(C#N)c3)cc2Cl)CC(C(F)(F)F)OC(N)=N1. The molecular weight excluding hydrogens is 387 g/mol. The van der Waals surface area contributed by atoms with E-state index in [-0.39, 0.29) is 0 Å². The van der Waals surface area contributed by atoms with Gasteiger partial charge in [-0.25, -0.2) is 4.99 Å². The van der Waals surface area contributed by atoms with Gasteiger partial charge in [-0.15, -0.1) is 11.3 Å². The maximum absolute atomic E-state index is 13.1. The zero-order chi connectivity index (χ0) is 19.1. The maximum Gasteiger partial charge on any atom is 0.425 e. The summed E-state index contributed by atoms with van der Waals surface area (Å²) in [5.41, 5.74) is 5.47. The van der Waals surface area contributed by atoms with Crippen molar-refractivity contribution in [3.05, 3.63) is 45.8 Å². The number of nitriles is 1. The molecule has 2 unspecified atom stereocenters. The molecule has 1 aromatic carbocycles. The molecule has 0 amide bonds. The Morgan fingerprint density at radius 1 is 1.42 bits per heavy atom. The summed E-state index contributed by atoms with van der Waals surface area (Å²) in [5.74, 6) is 0. The van der Waals surface area contributed by atoms with E-state index in [0.29, 0.717) is 15.5 Å². The van der Waals surface area contributed by atoms with Crippen molar-refractivity contribution in [1.82, 2.24) is 0 Å². The van der Waals surface area contributed by atoms with Gasteiger partial charge in [0.25, 0.3) is 6.02 Å². The number of rotatable bonds is 2. The van der Waals surface area contributed by atoms with Crippen LogP contribution in [0.25, 0.3) is 10.4 Å². The molecule has 0 saturated carbocycles. The zero-order valence-electron chi connectivity index (χ0n) is 13.5. The Bertz CT molecular complexity index is 919. The van der Waals surface area contributed by atoms with Crippen molar-refractivity contribution in [2.24, 2.45) is 10.7 Å². The molecule has 26 heavy (non-hydrogen) atoms. The molecule has 3 rings (SSSR count). The van der Waals surface area contributed by atoms with Gasteiger partial charge in [0.05, 0.1) is 21.5 Å². The van der Waals surface area contributed by atoms with Crippen molar-refractivity contribution in [3.63, 3.8) is 0 Å². The Labute approximate surface area is 156 Å². The lowest BCUT2D eigenvalue weighted by molar-refractivity contribution is -0.208. The molecule has 0 fully saturated rings. The Morgan fingerprint density at radius 3 is 2.81 bits per heavy atom. The van der Waals surface area contributed by atoms with E-state index in [1.54, 1.807) is 37.3 Å². The number of amidine groups is 1. The second-order valence-corrected chi connectivity index (χ2v) is 7.52. The van der Waals surface area contributed by atoms with Crippen molar-refractivity contribution in [2.75, 3.05) is 0 Å². The molecular formula is C17H13ClF3N3OS. The number of thiophene rings is 1. The highest BCUT2D eigenvalue weighted by atomic mass is 35.5. The topological polar surface area (TPSA) is 71.4 Å². The van der Waals surface area contributed by atoms with Crippen LogP contribution in [0, 0.1) is 11.3 Å². The van der Waals surface area contributed by atoms with E-state index in [1.807, 2.05) is 6.07 Å². The van der Waals surface area contributed by atoms with Crippen molar-refractivity contribution >= 4 is 29.0 Å². The van der Waals surface area contributed by atoms with Crippen LogP contribution in [0.1, 0.15) is 23.8 Å². The minimum atomic E-state index is -4.56. The maximum atomic E-state index is 13.1. The first-order valence-corrected chi connectivity index (χ1v) is 8.71. The van der Waals surface area contributed by atoms with Gasteiger partial charge in [0.15, 0.2) is 6.10 Å². The third-order valence-corrected chi connectivity index (χ3v) is 5.87. The molecule has 2 aromatic rings. The summed E-state index contributed by atoms with van der Waals surface area (Å²) in [4.78, 5) is 5.29. The minimum absolute atomic E-state index is 0.300. The summed E-state index contributed by atoms with van der Waals surface area (Å²) in [5, 5.41) is 9.32. The number of hydrogen-bond donors (Lipinski definition) is 1. The molecule has 2 N–H and O–H groups in total. The number of hydrogen-bond acceptors (Lipinski definition) is 5. The van der Waals surface area contributed by atoms with E-state index < -0.39 is 30.3 Å². The van der Waals surface area contributed by atoms with Gasteiger partial charge in [0.2, 0.25) is 0 Å². The van der Waals surface area contributed by atoms with Crippen molar-refractivity contribution < 1.29 is 17.9 Å². The zero-order valence-corrected chi connectivity index (χ0v) is 15.0. The number of ether oxygens (including phenoxy) is 1. The summed E-state index contributed by atoms with van der Waals surface area (Å²) >= 11 is 7.54. The Morgan fingerprint density at radius 2 is 2.15 bits per heavy atom. The molecule has 2 atom stereocenters. The third-order valence-electron chi connectivity index (χ3n) is 4.02. The number of nitrogens with two attached hydrogens (primary N) is 1. The summed E-state index contributed by atoms with van der Waals surface area (Å²) < 4.78 is 44.1. The van der Waals surface area contributed by atoms with Gasteiger partial charge in [-0.3, -0.25) is 0 Å². The second kappa shape index (κ2) is 6.49. The smallest absolute Gasteiger partial charge is 0.425 e. The average molecular weight is 400 g/mol. The van der Waals surface area contributed by atoms with E-state index in [4.69, 9.17) is 22.6 Å². The molecule has 0 bridgehead atoms. The van der Waals surface area contributed by atoms with Crippen LogP contribution in [-0.4, -0.2) is 18.3 Å². The fourth-order valence-corrected chi connectivity index (χ4v) is 4.45. The molecule has 0 radical (unpaired) electrons. The molecule has 1 aliphatic heterocycles. The first-order chi connectivity index (χ1) is 12.1. The Kier molecular flexibility index (Phi) is 4.63. The van der Waals surface area contributed by atoms with E-state index in [9.17, 15) is 13.2 Å². The van der Waals surface area contributed by atoms with Crippen LogP contribution in [0.15, 0.2) is 35.3 Å². The molecule has 0 spiro atoms. The third kappa shape index (κ3) is 3.50. The lowest BCUT2D eigenvalue weighted by Crippen LogP contribution is -2.45. The van der Waals surface area contributed by atoms with Crippen molar-refractivity contribution in [1.29, 1.82) is 5.26 Å². The van der Waals surface area contributed by atoms with Crippen molar-refractivity contribution in [2.45, 2.75) is 31.2 Å². The predicted molar refractivity (Wildman–Crippen MR) is 94.0 cm³/mol. The molecule has 136 valence electrons. The van der Waals surface area contributed by atoms with Crippen LogP contribution in [-0.2, 0) is 10.3 Å². The van der Waals surface area contributed by atoms with Gasteiger partial charge in [-0.2, -0.15) is 18.4 Å². The molecule has 0 aliphatic carbocycles. The van der Waals surface area contributed by atoms with Crippen LogP contribution in [0.2, 0.25) is 5.02 Å². The number of benzene rings is 1. The quantitative estimate of drug-likeness (QED) is 0.786. The number of halogens is 4. The van der Waals surface area contributed by atoms with Crippen LogP contribution in [0.3, 0.4) is 0 Å². The highest BCUT2D eigenvalue weighted by molar-refractivity contribution is 7.16. The summed E-state index contributed by atoms with van der Waals surface area (Å²) in [6.45, 7) is 1.55. The van der Waals surface area contributed by atoms with Crippen LogP contribution in [0.4, 0.5) is 13.2 Å². The molecule has 9 heteroatoms. The Balaban J connectivity index is 2.03. The monoisotopic (exact) mass is 399 g/mol. The van der Waals surface area contributed by atoms with Crippen LogP contribution >= 0.6 is 22.9 Å². The molecule has 2 heterocycles. The van der Waals surface area contributed by atoms with E-state index in [0.717, 1.165) is 10.4 Å². The van der Waals surface area contributed by atoms with E-state index in [2.05, 4.69) is 9.73 Å². The van der Waals surface area contributed by atoms with Gasteiger partial charge >= 0.3 is 6.18 Å². The molecule has 0 saturated heterocycles. The first kappa shape index (κ1) is 18.5. The summed E-state index contributed by atoms with van der Waals surface area (Å²) in [6, 6.07) is 10.1. The fourth-order valence-electron chi connectivity index (χ4n) is 2.81. The van der Waals surface area contributed by atoms with Gasteiger partial charge in [-0.1, -0.05) is 23.7 Å². The largest absolute Gasteiger partial charge is 0.452 e. The van der Waals surface area contributed by atoms with Crippen LogP contribution < -0.4 is 5.73 Å². The first-order valence-electron chi connectivity index (χ1n) is 7.51. The fraction of sp³-hybridized carbons (Fsp3) is 0.294. The van der Waals surface area contributed by atoms with E-state index in [1.165, 1.54) is 11.3 Å².